The number of hydrogen-bond acceptors (Lipinski definition) is 2. The molecule has 2 aliphatic carbocycles. The molecular weight excluding hydrogens is 619 g/mol. The van der Waals surface area contributed by atoms with E-state index in [1.54, 1.807) is 0 Å². The summed E-state index contributed by atoms with van der Waals surface area (Å²) in [4.78, 5) is 2.37. The van der Waals surface area contributed by atoms with Gasteiger partial charge in [-0.3, -0.25) is 0 Å². The molecule has 0 aliphatic heterocycles. The van der Waals surface area contributed by atoms with Gasteiger partial charge in [0, 0.05) is 33.4 Å². The normalized spacial score (nSPS) is 13.3. The van der Waals surface area contributed by atoms with Crippen LogP contribution in [0.5, 0.6) is 0 Å². The third kappa shape index (κ3) is 3.82. The molecule has 0 N–H and O–H groups in total. The molecule has 51 heavy (non-hydrogen) atoms. The van der Waals surface area contributed by atoms with Gasteiger partial charge in [-0.1, -0.05) is 140 Å². The highest BCUT2D eigenvalue weighted by Gasteiger charge is 2.53. The Morgan fingerprint density at radius 2 is 0.922 bits per heavy atom. The van der Waals surface area contributed by atoms with Crippen molar-refractivity contribution >= 4 is 39.0 Å². The minimum absolute atomic E-state index is 0.516. The third-order valence-corrected chi connectivity index (χ3v) is 11.0. The van der Waals surface area contributed by atoms with Gasteiger partial charge in [0.25, 0.3) is 0 Å². The fourth-order valence-corrected chi connectivity index (χ4v) is 9.12. The average molecular weight is 650 g/mol. The second kappa shape index (κ2) is 10.7. The predicted molar refractivity (Wildman–Crippen MR) is 210 cm³/mol. The van der Waals surface area contributed by atoms with Gasteiger partial charge in [0.1, 0.15) is 11.2 Å². The first-order chi connectivity index (χ1) is 25.3. The molecule has 9 aromatic rings. The number of hydrogen-bond donors (Lipinski definition) is 0. The van der Waals surface area contributed by atoms with Gasteiger partial charge >= 0.3 is 0 Å². The lowest BCUT2D eigenvalue weighted by Gasteiger charge is -2.31. The number of rotatable bonds is 4. The molecule has 1 spiro atoms. The van der Waals surface area contributed by atoms with Crippen molar-refractivity contribution in [2.45, 2.75) is 5.41 Å². The largest absolute Gasteiger partial charge is 0.456 e. The van der Waals surface area contributed by atoms with Crippen molar-refractivity contribution in [2.75, 3.05) is 4.90 Å². The van der Waals surface area contributed by atoms with Crippen LogP contribution in [0.25, 0.3) is 55.3 Å². The smallest absolute Gasteiger partial charge is 0.136 e. The summed E-state index contributed by atoms with van der Waals surface area (Å²) in [6.45, 7) is 0. The molecule has 0 radical (unpaired) electrons. The van der Waals surface area contributed by atoms with E-state index in [9.17, 15) is 0 Å². The van der Waals surface area contributed by atoms with E-state index in [0.717, 1.165) is 39.0 Å². The molecule has 2 heteroatoms. The number of furan rings is 1. The second-order valence-electron chi connectivity index (χ2n) is 13.6. The Labute approximate surface area is 296 Å². The van der Waals surface area contributed by atoms with Crippen molar-refractivity contribution in [2.24, 2.45) is 0 Å². The fourth-order valence-electron chi connectivity index (χ4n) is 9.12. The summed E-state index contributed by atoms with van der Waals surface area (Å²) in [6.07, 6.45) is 0. The lowest BCUT2D eigenvalue weighted by molar-refractivity contribution is 0.666. The maximum absolute atomic E-state index is 6.79. The highest BCUT2D eigenvalue weighted by Crippen LogP contribution is 2.65. The first-order valence-corrected chi connectivity index (χ1v) is 17.6. The topological polar surface area (TPSA) is 16.4 Å². The minimum atomic E-state index is -0.516. The van der Waals surface area contributed by atoms with Crippen LogP contribution in [0.15, 0.2) is 192 Å². The molecule has 2 aliphatic rings. The van der Waals surface area contributed by atoms with Gasteiger partial charge < -0.3 is 9.32 Å². The standard InChI is InChI=1S/C49H31NO/c1-4-16-32(17-5-1)46-47-39-30-35(50(33-18-6-2-7-19-33)34-20-8-3-9-21-34)28-29-42(39)49(40-25-13-10-22-36(40)37-23-11-14-26-41(37)49)43(47)31-45-48(46)38-24-12-15-27-44(38)51-45/h1-31H. The van der Waals surface area contributed by atoms with Crippen molar-refractivity contribution < 1.29 is 4.42 Å². The van der Waals surface area contributed by atoms with E-state index in [0.29, 0.717) is 0 Å². The SMILES string of the molecule is c1ccc(-c2c3c(cc4oc5ccccc5c24)C2(c4ccccc4-c4ccccc42)c2ccc(N(c4ccccc4)c4ccccc4)cc2-3)cc1. The first kappa shape index (κ1) is 28.2. The van der Waals surface area contributed by atoms with Crippen LogP contribution in [0.4, 0.5) is 17.1 Å². The number of benzene rings is 8. The lowest BCUT2D eigenvalue weighted by atomic mass is 9.70. The van der Waals surface area contributed by atoms with Gasteiger partial charge in [-0.05, 0) is 98.6 Å². The van der Waals surface area contributed by atoms with Crippen LogP contribution in [0.1, 0.15) is 22.3 Å². The van der Waals surface area contributed by atoms with E-state index in [-0.39, 0.29) is 0 Å². The van der Waals surface area contributed by atoms with E-state index in [1.165, 1.54) is 55.6 Å². The highest BCUT2D eigenvalue weighted by molar-refractivity contribution is 6.18. The van der Waals surface area contributed by atoms with Gasteiger partial charge in [0.05, 0.1) is 5.41 Å². The lowest BCUT2D eigenvalue weighted by Crippen LogP contribution is -2.26. The van der Waals surface area contributed by atoms with Crippen LogP contribution in [0.2, 0.25) is 0 Å². The summed E-state index contributed by atoms with van der Waals surface area (Å²) in [6, 6.07) is 68.3. The Hall–Kier alpha value is -6.64. The van der Waals surface area contributed by atoms with Gasteiger partial charge in [-0.15, -0.1) is 0 Å². The molecule has 2 nitrogen and oxygen atoms in total. The van der Waals surface area contributed by atoms with Crippen LogP contribution in [0, 0.1) is 0 Å². The molecule has 238 valence electrons. The van der Waals surface area contributed by atoms with E-state index >= 15 is 0 Å². The quantitative estimate of drug-likeness (QED) is 0.189. The number of fused-ring (bicyclic) bond motifs is 13. The Morgan fingerprint density at radius 3 is 1.59 bits per heavy atom. The van der Waals surface area contributed by atoms with Crippen molar-refractivity contribution in [1.29, 1.82) is 0 Å². The maximum Gasteiger partial charge on any atom is 0.136 e. The summed E-state index contributed by atoms with van der Waals surface area (Å²) >= 11 is 0. The second-order valence-corrected chi connectivity index (χ2v) is 13.6. The highest BCUT2D eigenvalue weighted by atomic mass is 16.3. The molecular formula is C49H31NO. The van der Waals surface area contributed by atoms with Gasteiger partial charge in [-0.25, -0.2) is 0 Å². The maximum atomic E-state index is 6.79. The monoisotopic (exact) mass is 649 g/mol. The number of anilines is 3. The van der Waals surface area contributed by atoms with E-state index in [1.807, 2.05) is 0 Å². The fraction of sp³-hybridized carbons (Fsp3) is 0.0204. The van der Waals surface area contributed by atoms with E-state index in [2.05, 4.69) is 193 Å². The Bertz CT molecular complexity index is 2710. The molecule has 0 saturated heterocycles. The molecule has 0 atom stereocenters. The Kier molecular flexibility index (Phi) is 5.91. The molecule has 1 aromatic heterocycles. The predicted octanol–water partition coefficient (Wildman–Crippen LogP) is 13.1. The number of nitrogens with zero attached hydrogens (tertiary/aromatic N) is 1. The van der Waals surface area contributed by atoms with Crippen molar-refractivity contribution in [3.05, 3.63) is 210 Å². The molecule has 0 unspecified atom stereocenters. The van der Waals surface area contributed by atoms with E-state index in [4.69, 9.17) is 4.42 Å². The van der Waals surface area contributed by atoms with Gasteiger partial charge in [0.2, 0.25) is 0 Å². The summed E-state index contributed by atoms with van der Waals surface area (Å²) in [5, 5.41) is 2.29. The third-order valence-electron chi connectivity index (χ3n) is 11.0. The minimum Gasteiger partial charge on any atom is -0.456 e. The molecule has 11 rings (SSSR count). The van der Waals surface area contributed by atoms with Crippen molar-refractivity contribution in [3.8, 4) is 33.4 Å². The summed E-state index contributed by atoms with van der Waals surface area (Å²) in [7, 11) is 0. The summed E-state index contributed by atoms with van der Waals surface area (Å²) in [5.41, 5.74) is 17.3. The van der Waals surface area contributed by atoms with Gasteiger partial charge in [0.15, 0.2) is 0 Å². The Balaban J connectivity index is 1.33. The zero-order chi connectivity index (χ0) is 33.5. The van der Waals surface area contributed by atoms with Crippen LogP contribution < -0.4 is 4.90 Å². The molecule has 0 fully saturated rings. The van der Waals surface area contributed by atoms with Gasteiger partial charge in [-0.2, -0.15) is 0 Å². The van der Waals surface area contributed by atoms with Crippen molar-refractivity contribution in [3.63, 3.8) is 0 Å². The molecule has 1 heterocycles. The summed E-state index contributed by atoms with van der Waals surface area (Å²) < 4.78 is 6.79. The molecule has 8 aromatic carbocycles. The molecule has 0 bridgehead atoms. The average Bonchev–Trinajstić information content (AvgIpc) is 3.82. The number of para-hydroxylation sites is 3. The molecule has 0 saturated carbocycles. The first-order valence-electron chi connectivity index (χ1n) is 17.6. The van der Waals surface area contributed by atoms with Crippen LogP contribution >= 0.6 is 0 Å². The van der Waals surface area contributed by atoms with E-state index < -0.39 is 5.41 Å². The zero-order valence-electron chi connectivity index (χ0n) is 27.8. The van der Waals surface area contributed by atoms with Crippen molar-refractivity contribution in [1.82, 2.24) is 0 Å². The summed E-state index contributed by atoms with van der Waals surface area (Å²) in [5.74, 6) is 0. The van der Waals surface area contributed by atoms with Crippen LogP contribution in [-0.2, 0) is 5.41 Å². The van der Waals surface area contributed by atoms with Crippen LogP contribution in [-0.4, -0.2) is 0 Å². The Morgan fingerprint density at radius 1 is 0.373 bits per heavy atom. The van der Waals surface area contributed by atoms with Crippen LogP contribution in [0.3, 0.4) is 0 Å². The zero-order valence-corrected chi connectivity index (χ0v) is 27.8. The molecule has 0 amide bonds.